The molecule has 0 saturated carbocycles. The van der Waals surface area contributed by atoms with Crippen molar-refractivity contribution in [1.29, 1.82) is 0 Å². The predicted octanol–water partition coefficient (Wildman–Crippen LogP) is 3.72. The van der Waals surface area contributed by atoms with Gasteiger partial charge in [-0.15, -0.1) is 0 Å². The Morgan fingerprint density at radius 1 is 1.00 bits per heavy atom. The summed E-state index contributed by atoms with van der Waals surface area (Å²) in [6, 6.07) is 8.39. The van der Waals surface area contributed by atoms with E-state index in [2.05, 4.69) is 47.8 Å². The normalized spacial score (nSPS) is 11.4. The van der Waals surface area contributed by atoms with Crippen LogP contribution in [0.2, 0.25) is 0 Å². The molecule has 136 valence electrons. The first-order chi connectivity index (χ1) is 12.1. The number of hydrogen-bond donors (Lipinski definition) is 1. The molecule has 0 aliphatic carbocycles. The molecule has 0 atom stereocenters. The molecule has 0 fully saturated rings. The maximum Gasteiger partial charge on any atom is 0.0576 e. The van der Waals surface area contributed by atoms with Crippen LogP contribution < -0.4 is 5.73 Å². The van der Waals surface area contributed by atoms with Gasteiger partial charge in [-0.05, 0) is 68.5 Å². The molecule has 0 amide bonds. The van der Waals surface area contributed by atoms with Crippen LogP contribution in [0.3, 0.4) is 0 Å². The van der Waals surface area contributed by atoms with Crippen LogP contribution >= 0.6 is 0 Å². The van der Waals surface area contributed by atoms with Crippen LogP contribution in [0.1, 0.15) is 49.2 Å². The van der Waals surface area contributed by atoms with Gasteiger partial charge >= 0.3 is 0 Å². The molecule has 0 bridgehead atoms. The molecule has 4 nitrogen and oxygen atoms in total. The first-order valence-corrected chi connectivity index (χ1v) is 9.35. The Morgan fingerprint density at radius 3 is 2.36 bits per heavy atom. The Labute approximate surface area is 152 Å². The van der Waals surface area contributed by atoms with Crippen molar-refractivity contribution in [2.24, 2.45) is 11.7 Å². The second-order valence-electron chi connectivity index (χ2n) is 7.18. The SMILES string of the molecule is Cc1cccnc1CN(CCCCN)Cc1ncccc1CC(C)C. The molecule has 0 spiro atoms. The van der Waals surface area contributed by atoms with Gasteiger partial charge in [0, 0.05) is 25.5 Å². The second kappa shape index (κ2) is 10.3. The summed E-state index contributed by atoms with van der Waals surface area (Å²) in [5.41, 5.74) is 10.6. The van der Waals surface area contributed by atoms with Crippen LogP contribution in [-0.2, 0) is 19.5 Å². The van der Waals surface area contributed by atoms with Gasteiger partial charge in [-0.2, -0.15) is 0 Å². The molecule has 0 unspecified atom stereocenters. The second-order valence-corrected chi connectivity index (χ2v) is 7.18. The fourth-order valence-corrected chi connectivity index (χ4v) is 3.04. The number of unbranched alkanes of at least 4 members (excludes halogenated alkanes) is 1. The third-order valence-corrected chi connectivity index (χ3v) is 4.41. The van der Waals surface area contributed by atoms with Gasteiger partial charge in [0.25, 0.3) is 0 Å². The Hall–Kier alpha value is -1.78. The number of nitrogens with two attached hydrogens (primary N) is 1. The lowest BCUT2D eigenvalue weighted by Gasteiger charge is -2.24. The molecule has 4 heteroatoms. The molecular formula is C21H32N4. The van der Waals surface area contributed by atoms with Crippen LogP contribution in [0.25, 0.3) is 0 Å². The fraction of sp³-hybridized carbons (Fsp3) is 0.524. The third kappa shape index (κ3) is 6.56. The molecule has 0 radical (unpaired) electrons. The van der Waals surface area contributed by atoms with Gasteiger partial charge in [-0.25, -0.2) is 0 Å². The van der Waals surface area contributed by atoms with Gasteiger partial charge in [0.2, 0.25) is 0 Å². The van der Waals surface area contributed by atoms with Crippen LogP contribution in [0.15, 0.2) is 36.7 Å². The first kappa shape index (κ1) is 19.5. The van der Waals surface area contributed by atoms with Gasteiger partial charge < -0.3 is 5.73 Å². The van der Waals surface area contributed by atoms with E-state index in [-0.39, 0.29) is 0 Å². The Balaban J connectivity index is 2.14. The van der Waals surface area contributed by atoms with E-state index >= 15 is 0 Å². The topological polar surface area (TPSA) is 55.0 Å². The lowest BCUT2D eigenvalue weighted by Crippen LogP contribution is -2.26. The molecule has 0 saturated heterocycles. The van der Waals surface area contributed by atoms with Gasteiger partial charge in [-0.1, -0.05) is 26.0 Å². The number of hydrogen-bond acceptors (Lipinski definition) is 4. The molecule has 0 aromatic carbocycles. The van der Waals surface area contributed by atoms with Crippen molar-refractivity contribution in [3.8, 4) is 0 Å². The van der Waals surface area contributed by atoms with E-state index in [0.717, 1.165) is 51.1 Å². The summed E-state index contributed by atoms with van der Waals surface area (Å²) in [6.07, 6.45) is 7.02. The minimum atomic E-state index is 0.631. The summed E-state index contributed by atoms with van der Waals surface area (Å²) in [5, 5.41) is 0. The van der Waals surface area contributed by atoms with Crippen molar-refractivity contribution in [1.82, 2.24) is 14.9 Å². The van der Waals surface area contributed by atoms with E-state index in [1.165, 1.54) is 16.8 Å². The van der Waals surface area contributed by atoms with E-state index in [9.17, 15) is 0 Å². The summed E-state index contributed by atoms with van der Waals surface area (Å²) >= 11 is 0. The third-order valence-electron chi connectivity index (χ3n) is 4.41. The number of aryl methyl sites for hydroxylation is 1. The van der Waals surface area contributed by atoms with Gasteiger partial charge in [0.15, 0.2) is 0 Å². The molecule has 2 rings (SSSR count). The minimum Gasteiger partial charge on any atom is -0.330 e. The lowest BCUT2D eigenvalue weighted by atomic mass is 10.0. The van der Waals surface area contributed by atoms with Crippen molar-refractivity contribution in [2.75, 3.05) is 13.1 Å². The van der Waals surface area contributed by atoms with Crippen molar-refractivity contribution < 1.29 is 0 Å². The van der Waals surface area contributed by atoms with E-state index in [0.29, 0.717) is 5.92 Å². The first-order valence-electron chi connectivity index (χ1n) is 9.35. The summed E-state index contributed by atoms with van der Waals surface area (Å²) in [4.78, 5) is 11.7. The predicted molar refractivity (Wildman–Crippen MR) is 104 cm³/mol. The zero-order valence-electron chi connectivity index (χ0n) is 15.9. The van der Waals surface area contributed by atoms with E-state index in [4.69, 9.17) is 5.73 Å². The standard InChI is InChI=1S/C21H32N4/c1-17(2)14-19-9-7-12-24-21(19)16-25(13-5-4-10-22)15-20-18(3)8-6-11-23-20/h6-9,11-12,17H,4-5,10,13-16,22H2,1-3H3. The van der Waals surface area contributed by atoms with E-state index < -0.39 is 0 Å². The number of pyridine rings is 2. The van der Waals surface area contributed by atoms with Gasteiger partial charge in [-0.3, -0.25) is 14.9 Å². The minimum absolute atomic E-state index is 0.631. The molecule has 0 aliphatic heterocycles. The zero-order valence-corrected chi connectivity index (χ0v) is 15.9. The van der Waals surface area contributed by atoms with E-state index in [1.54, 1.807) is 0 Å². The van der Waals surface area contributed by atoms with Gasteiger partial charge in [0.05, 0.1) is 11.4 Å². The largest absolute Gasteiger partial charge is 0.330 e. The zero-order chi connectivity index (χ0) is 18.1. The molecule has 25 heavy (non-hydrogen) atoms. The number of aromatic nitrogens is 2. The summed E-state index contributed by atoms with van der Waals surface area (Å²) in [7, 11) is 0. The Kier molecular flexibility index (Phi) is 8.02. The highest BCUT2D eigenvalue weighted by molar-refractivity contribution is 5.21. The smallest absolute Gasteiger partial charge is 0.0576 e. The Morgan fingerprint density at radius 2 is 1.68 bits per heavy atom. The van der Waals surface area contributed by atoms with Crippen LogP contribution in [0.4, 0.5) is 0 Å². The van der Waals surface area contributed by atoms with Crippen molar-refractivity contribution in [3.05, 3.63) is 59.2 Å². The summed E-state index contributed by atoms with van der Waals surface area (Å²) < 4.78 is 0. The molecule has 2 aromatic rings. The van der Waals surface area contributed by atoms with Crippen LogP contribution in [0.5, 0.6) is 0 Å². The maximum atomic E-state index is 5.68. The lowest BCUT2D eigenvalue weighted by molar-refractivity contribution is 0.244. The fourth-order valence-electron chi connectivity index (χ4n) is 3.04. The van der Waals surface area contributed by atoms with Crippen molar-refractivity contribution >= 4 is 0 Å². The summed E-state index contributed by atoms with van der Waals surface area (Å²) in [5.74, 6) is 0.631. The molecule has 0 aliphatic rings. The average molecular weight is 341 g/mol. The summed E-state index contributed by atoms with van der Waals surface area (Å²) in [6.45, 7) is 10.1. The van der Waals surface area contributed by atoms with E-state index in [1.807, 2.05) is 24.5 Å². The average Bonchev–Trinajstić information content (AvgIpc) is 2.58. The highest BCUT2D eigenvalue weighted by atomic mass is 15.1. The monoisotopic (exact) mass is 340 g/mol. The molecular weight excluding hydrogens is 308 g/mol. The molecule has 2 aromatic heterocycles. The van der Waals surface area contributed by atoms with Gasteiger partial charge in [0.1, 0.15) is 0 Å². The van der Waals surface area contributed by atoms with Crippen molar-refractivity contribution in [2.45, 2.75) is 53.1 Å². The maximum absolute atomic E-state index is 5.68. The highest BCUT2D eigenvalue weighted by Crippen LogP contribution is 2.16. The van der Waals surface area contributed by atoms with Crippen LogP contribution in [0, 0.1) is 12.8 Å². The number of nitrogens with zero attached hydrogens (tertiary/aromatic N) is 3. The van der Waals surface area contributed by atoms with Crippen LogP contribution in [-0.4, -0.2) is 28.0 Å². The highest BCUT2D eigenvalue weighted by Gasteiger charge is 2.13. The Bertz CT molecular complexity index is 639. The number of rotatable bonds is 10. The quantitative estimate of drug-likeness (QED) is 0.670. The molecule has 2 N–H and O–H groups in total. The van der Waals surface area contributed by atoms with Crippen molar-refractivity contribution in [3.63, 3.8) is 0 Å². The molecule has 2 heterocycles.